The number of nitrogens with zero attached hydrogens (tertiary/aromatic N) is 1. The molecule has 0 saturated carbocycles. The van der Waals surface area contributed by atoms with Crippen molar-refractivity contribution in [2.75, 3.05) is 13.2 Å². The Morgan fingerprint density at radius 3 is 2.87 bits per heavy atom. The van der Waals surface area contributed by atoms with Crippen molar-refractivity contribution in [1.82, 2.24) is 4.90 Å². The highest BCUT2D eigenvalue weighted by Gasteiger charge is 2.34. The SMILES string of the molecule is CCOC(=O)/C=C1/SC(Br)C(=O)N1CC. The van der Waals surface area contributed by atoms with Crippen molar-refractivity contribution >= 4 is 39.6 Å². The van der Waals surface area contributed by atoms with Crippen LogP contribution in [0.1, 0.15) is 13.8 Å². The lowest BCUT2D eigenvalue weighted by atomic mass is 10.5. The molecule has 0 aromatic heterocycles. The number of alkyl halides is 1. The fraction of sp³-hybridized carbons (Fsp3) is 0.556. The van der Waals surface area contributed by atoms with Crippen LogP contribution < -0.4 is 0 Å². The molecule has 1 rings (SSSR count). The second-order valence-electron chi connectivity index (χ2n) is 2.75. The normalized spacial score (nSPS) is 23.7. The summed E-state index contributed by atoms with van der Waals surface area (Å²) in [5.41, 5.74) is 0. The van der Waals surface area contributed by atoms with Gasteiger partial charge in [0.15, 0.2) is 0 Å². The van der Waals surface area contributed by atoms with E-state index in [1.807, 2.05) is 6.92 Å². The Morgan fingerprint density at radius 2 is 2.33 bits per heavy atom. The number of amides is 1. The van der Waals surface area contributed by atoms with Crippen LogP contribution in [0.4, 0.5) is 0 Å². The summed E-state index contributed by atoms with van der Waals surface area (Å²) in [6.07, 6.45) is 1.36. The summed E-state index contributed by atoms with van der Waals surface area (Å²) in [5.74, 6) is -0.439. The Kier molecular flexibility index (Phi) is 4.66. The Balaban J connectivity index is 2.77. The van der Waals surface area contributed by atoms with Gasteiger partial charge in [0.25, 0.3) is 5.91 Å². The highest BCUT2D eigenvalue weighted by atomic mass is 79.9. The van der Waals surface area contributed by atoms with Gasteiger partial charge in [-0.1, -0.05) is 27.7 Å². The number of thioether (sulfide) groups is 1. The molecule has 0 aliphatic carbocycles. The predicted octanol–water partition coefficient (Wildman–Crippen LogP) is 1.71. The van der Waals surface area contributed by atoms with Gasteiger partial charge in [0, 0.05) is 6.54 Å². The number of carbonyl (C=O) groups excluding carboxylic acids is 2. The smallest absolute Gasteiger partial charge is 0.333 e. The molecule has 6 heteroatoms. The van der Waals surface area contributed by atoms with Gasteiger partial charge in [-0.15, -0.1) is 0 Å². The standard InChI is InChI=1S/C9H12BrNO3S/c1-3-11-6(5-7(12)14-4-2)15-8(10)9(11)13/h5,8H,3-4H2,1-2H3/b6-5+. The quantitative estimate of drug-likeness (QED) is 0.451. The minimum Gasteiger partial charge on any atom is -0.463 e. The summed E-state index contributed by atoms with van der Waals surface area (Å²) in [5, 5.41) is 0.642. The average molecular weight is 294 g/mol. The van der Waals surface area contributed by atoms with Gasteiger partial charge < -0.3 is 9.64 Å². The maximum atomic E-state index is 11.6. The number of esters is 1. The van der Waals surface area contributed by atoms with Crippen LogP contribution in [-0.4, -0.2) is 34.1 Å². The second kappa shape index (κ2) is 5.55. The van der Waals surface area contributed by atoms with Crippen molar-refractivity contribution in [2.45, 2.75) is 18.0 Å². The van der Waals surface area contributed by atoms with Crippen molar-refractivity contribution in [3.05, 3.63) is 11.1 Å². The highest BCUT2D eigenvalue weighted by Crippen LogP contribution is 2.37. The van der Waals surface area contributed by atoms with Crippen LogP contribution in [-0.2, 0) is 14.3 Å². The van der Waals surface area contributed by atoms with Crippen LogP contribution >= 0.6 is 27.7 Å². The van der Waals surface area contributed by atoms with Crippen LogP contribution in [0.15, 0.2) is 11.1 Å². The predicted molar refractivity (Wildman–Crippen MR) is 62.4 cm³/mol. The van der Waals surface area contributed by atoms with Crippen molar-refractivity contribution in [3.8, 4) is 0 Å². The van der Waals surface area contributed by atoms with Crippen molar-refractivity contribution in [2.24, 2.45) is 0 Å². The maximum absolute atomic E-state index is 11.6. The molecule has 4 nitrogen and oxygen atoms in total. The average Bonchev–Trinajstić information content (AvgIpc) is 2.42. The summed E-state index contributed by atoms with van der Waals surface area (Å²) < 4.78 is 4.49. The summed E-state index contributed by atoms with van der Waals surface area (Å²) in [6, 6.07) is 0. The van der Waals surface area contributed by atoms with Crippen LogP contribution in [0, 0.1) is 0 Å². The number of ether oxygens (including phenoxy) is 1. The fourth-order valence-electron chi connectivity index (χ4n) is 1.16. The van der Waals surface area contributed by atoms with Gasteiger partial charge >= 0.3 is 5.97 Å². The lowest BCUT2D eigenvalue weighted by Gasteiger charge is -2.13. The number of hydrogen-bond donors (Lipinski definition) is 0. The molecule has 1 aliphatic rings. The van der Waals surface area contributed by atoms with E-state index in [-0.39, 0.29) is 10.1 Å². The first kappa shape index (κ1) is 12.6. The number of rotatable bonds is 3. The van der Waals surface area contributed by atoms with Crippen LogP contribution in [0.3, 0.4) is 0 Å². The van der Waals surface area contributed by atoms with Gasteiger partial charge in [0.05, 0.1) is 17.7 Å². The summed E-state index contributed by atoms with van der Waals surface area (Å²) >= 11 is 4.55. The topological polar surface area (TPSA) is 46.6 Å². The lowest BCUT2D eigenvalue weighted by Crippen LogP contribution is -2.26. The Morgan fingerprint density at radius 1 is 1.67 bits per heavy atom. The Hall–Kier alpha value is -0.490. The zero-order chi connectivity index (χ0) is 11.4. The van der Waals surface area contributed by atoms with E-state index in [9.17, 15) is 9.59 Å². The molecule has 1 amide bonds. The molecule has 0 aromatic rings. The molecule has 0 N–H and O–H groups in total. The van der Waals surface area contributed by atoms with Crippen molar-refractivity contribution < 1.29 is 14.3 Å². The first-order valence-corrected chi connectivity index (χ1v) is 6.40. The minimum atomic E-state index is -0.409. The number of hydrogen-bond acceptors (Lipinski definition) is 4. The zero-order valence-corrected chi connectivity index (χ0v) is 10.9. The molecule has 84 valence electrons. The highest BCUT2D eigenvalue weighted by molar-refractivity contribution is 9.11. The van der Waals surface area contributed by atoms with Gasteiger partial charge in [-0.05, 0) is 13.8 Å². The summed E-state index contributed by atoms with van der Waals surface area (Å²) in [4.78, 5) is 24.3. The summed E-state index contributed by atoms with van der Waals surface area (Å²) in [6.45, 7) is 4.50. The molecule has 1 unspecified atom stereocenters. The van der Waals surface area contributed by atoms with Gasteiger partial charge in [-0.3, -0.25) is 4.79 Å². The number of halogens is 1. The lowest BCUT2D eigenvalue weighted by molar-refractivity contribution is -0.137. The van der Waals surface area contributed by atoms with E-state index in [4.69, 9.17) is 4.74 Å². The first-order chi connectivity index (χ1) is 7.10. The molecule has 1 atom stereocenters. The minimum absolute atomic E-state index is 0.0296. The van der Waals surface area contributed by atoms with Crippen LogP contribution in [0.25, 0.3) is 0 Å². The van der Waals surface area contributed by atoms with E-state index < -0.39 is 5.97 Å². The van der Waals surface area contributed by atoms with Crippen LogP contribution in [0.2, 0.25) is 0 Å². The van der Waals surface area contributed by atoms with E-state index in [1.54, 1.807) is 11.8 Å². The van der Waals surface area contributed by atoms with Gasteiger partial charge in [0.1, 0.15) is 4.16 Å². The fourth-order valence-corrected chi connectivity index (χ4v) is 2.93. The molecule has 1 aliphatic heterocycles. The molecule has 0 bridgehead atoms. The van der Waals surface area contributed by atoms with E-state index in [0.717, 1.165) is 0 Å². The molecule has 1 heterocycles. The second-order valence-corrected chi connectivity index (χ2v) is 5.40. The summed E-state index contributed by atoms with van der Waals surface area (Å²) in [7, 11) is 0. The monoisotopic (exact) mass is 293 g/mol. The third-order valence-electron chi connectivity index (χ3n) is 1.79. The molecular formula is C9H12BrNO3S. The van der Waals surface area contributed by atoms with E-state index in [1.165, 1.54) is 17.8 Å². The largest absolute Gasteiger partial charge is 0.463 e. The van der Waals surface area contributed by atoms with Crippen molar-refractivity contribution in [3.63, 3.8) is 0 Å². The van der Waals surface area contributed by atoms with Gasteiger partial charge in [-0.25, -0.2) is 4.79 Å². The molecule has 1 fully saturated rings. The molecule has 1 saturated heterocycles. The molecule has 0 spiro atoms. The third-order valence-corrected chi connectivity index (χ3v) is 3.74. The number of carbonyl (C=O) groups is 2. The molecule has 0 aromatic carbocycles. The molecular weight excluding hydrogens is 282 g/mol. The maximum Gasteiger partial charge on any atom is 0.333 e. The van der Waals surface area contributed by atoms with E-state index in [0.29, 0.717) is 18.2 Å². The van der Waals surface area contributed by atoms with E-state index >= 15 is 0 Å². The zero-order valence-electron chi connectivity index (χ0n) is 8.53. The third kappa shape index (κ3) is 2.98. The van der Waals surface area contributed by atoms with Gasteiger partial charge in [0.2, 0.25) is 0 Å². The van der Waals surface area contributed by atoms with E-state index in [2.05, 4.69) is 15.9 Å². The molecule has 0 radical (unpaired) electrons. The Bertz CT molecular complexity index is 306. The first-order valence-electron chi connectivity index (χ1n) is 4.60. The van der Waals surface area contributed by atoms with Crippen molar-refractivity contribution in [1.29, 1.82) is 0 Å². The van der Waals surface area contributed by atoms with Crippen LogP contribution in [0.5, 0.6) is 0 Å². The van der Waals surface area contributed by atoms with Gasteiger partial charge in [-0.2, -0.15) is 0 Å². The Labute approximate surface area is 101 Å². The molecule has 15 heavy (non-hydrogen) atoms.